The molecule has 3 aromatic rings. The molecule has 7 heteroatoms. The van der Waals surface area contributed by atoms with Crippen molar-refractivity contribution in [3.8, 4) is 35.3 Å². The van der Waals surface area contributed by atoms with Crippen molar-refractivity contribution in [2.45, 2.75) is 6.61 Å². The van der Waals surface area contributed by atoms with Crippen molar-refractivity contribution in [3.63, 3.8) is 0 Å². The number of benzene rings is 3. The van der Waals surface area contributed by atoms with Gasteiger partial charge in [-0.05, 0) is 47.5 Å². The standard InChI is InChI=1S/C26H24N2O5/c1-4-14-32-22-12-10-20(15-24(22)30-2)17-27-28-26(29)21-11-13-23(25(16-21)31-3)33-18-19-8-6-5-7-9-19/h1,5-13,15-17H,14,18H2,2-3H3,(H,28,29)/b27-17+. The van der Waals surface area contributed by atoms with Gasteiger partial charge in [-0.25, -0.2) is 5.43 Å². The van der Waals surface area contributed by atoms with E-state index in [0.29, 0.717) is 40.7 Å². The molecule has 0 spiro atoms. The monoisotopic (exact) mass is 444 g/mol. The Bertz CT molecular complexity index is 1150. The van der Waals surface area contributed by atoms with Crippen LogP contribution >= 0.6 is 0 Å². The average Bonchev–Trinajstić information content (AvgIpc) is 2.86. The minimum absolute atomic E-state index is 0.138. The van der Waals surface area contributed by atoms with Gasteiger partial charge in [-0.3, -0.25) is 4.79 Å². The summed E-state index contributed by atoms with van der Waals surface area (Å²) in [4.78, 5) is 12.5. The number of hydrogen-bond acceptors (Lipinski definition) is 6. The molecular weight excluding hydrogens is 420 g/mol. The van der Waals surface area contributed by atoms with Crippen LogP contribution in [0.15, 0.2) is 71.8 Å². The summed E-state index contributed by atoms with van der Waals surface area (Å²) >= 11 is 0. The SMILES string of the molecule is C#CCOc1ccc(/C=N/NC(=O)c2ccc(OCc3ccccc3)c(OC)c2)cc1OC. The van der Waals surface area contributed by atoms with Crippen molar-refractivity contribution in [2.24, 2.45) is 5.10 Å². The molecule has 0 fully saturated rings. The molecule has 0 radical (unpaired) electrons. The van der Waals surface area contributed by atoms with Crippen LogP contribution in [0.3, 0.4) is 0 Å². The molecule has 0 bridgehead atoms. The highest BCUT2D eigenvalue weighted by Gasteiger charge is 2.11. The number of carbonyl (C=O) groups excluding carboxylic acids is 1. The van der Waals surface area contributed by atoms with Crippen LogP contribution in [0.1, 0.15) is 21.5 Å². The van der Waals surface area contributed by atoms with Crippen LogP contribution in [0.4, 0.5) is 0 Å². The first kappa shape index (κ1) is 23.2. The molecule has 0 aliphatic heterocycles. The second-order valence-corrected chi connectivity index (χ2v) is 6.74. The molecule has 1 amide bonds. The third-order valence-electron chi connectivity index (χ3n) is 4.54. The Labute approximate surface area is 192 Å². The number of hydrazone groups is 1. The fourth-order valence-corrected chi connectivity index (χ4v) is 2.90. The lowest BCUT2D eigenvalue weighted by Crippen LogP contribution is -2.17. The summed E-state index contributed by atoms with van der Waals surface area (Å²) in [6.07, 6.45) is 6.71. The van der Waals surface area contributed by atoms with Crippen LogP contribution < -0.4 is 24.4 Å². The number of carbonyl (C=O) groups is 1. The maximum absolute atomic E-state index is 12.5. The number of methoxy groups -OCH3 is 2. The third-order valence-corrected chi connectivity index (χ3v) is 4.54. The van der Waals surface area contributed by atoms with Crippen LogP contribution in [-0.4, -0.2) is 32.9 Å². The number of amides is 1. The Balaban J connectivity index is 1.63. The molecule has 0 aliphatic rings. The lowest BCUT2D eigenvalue weighted by molar-refractivity contribution is 0.0954. The van der Waals surface area contributed by atoms with Gasteiger partial charge in [0.25, 0.3) is 5.91 Å². The average molecular weight is 444 g/mol. The van der Waals surface area contributed by atoms with Crippen molar-refractivity contribution < 1.29 is 23.7 Å². The predicted octanol–water partition coefficient (Wildman–Crippen LogP) is 4.06. The first-order valence-corrected chi connectivity index (χ1v) is 10.1. The van der Waals surface area contributed by atoms with Crippen LogP contribution in [0.25, 0.3) is 0 Å². The largest absolute Gasteiger partial charge is 0.493 e. The Hall–Kier alpha value is -4.44. The van der Waals surface area contributed by atoms with E-state index < -0.39 is 0 Å². The van der Waals surface area contributed by atoms with E-state index in [2.05, 4.69) is 16.4 Å². The first-order chi connectivity index (χ1) is 16.1. The van der Waals surface area contributed by atoms with Crippen LogP contribution in [0, 0.1) is 12.3 Å². The molecule has 0 saturated heterocycles. The van der Waals surface area contributed by atoms with Gasteiger partial charge >= 0.3 is 0 Å². The van der Waals surface area contributed by atoms with Gasteiger partial charge in [0.2, 0.25) is 0 Å². The molecule has 0 aliphatic carbocycles. The van der Waals surface area contributed by atoms with Gasteiger partial charge < -0.3 is 18.9 Å². The number of terminal acetylenes is 1. The van der Waals surface area contributed by atoms with Crippen LogP contribution in [0.2, 0.25) is 0 Å². The molecule has 3 rings (SSSR count). The summed E-state index contributed by atoms with van der Waals surface area (Å²) in [5.74, 6) is 4.05. The molecule has 168 valence electrons. The van der Waals surface area contributed by atoms with Gasteiger partial charge in [0, 0.05) is 5.56 Å². The summed E-state index contributed by atoms with van der Waals surface area (Å²) in [5.41, 5.74) is 4.62. The number of ether oxygens (including phenoxy) is 4. The Morgan fingerprint density at radius 3 is 2.36 bits per heavy atom. The molecule has 3 aromatic carbocycles. The first-order valence-electron chi connectivity index (χ1n) is 10.1. The summed E-state index contributed by atoms with van der Waals surface area (Å²) in [6, 6.07) is 19.9. The van der Waals surface area contributed by atoms with E-state index in [-0.39, 0.29) is 12.5 Å². The number of rotatable bonds is 10. The van der Waals surface area contributed by atoms with Gasteiger partial charge in [-0.2, -0.15) is 5.10 Å². The van der Waals surface area contributed by atoms with Crippen molar-refractivity contribution in [1.82, 2.24) is 5.43 Å². The zero-order valence-electron chi connectivity index (χ0n) is 18.4. The van der Waals surface area contributed by atoms with E-state index in [0.717, 1.165) is 5.56 Å². The molecule has 1 N–H and O–H groups in total. The second kappa shape index (κ2) is 11.8. The zero-order valence-corrected chi connectivity index (χ0v) is 18.4. The lowest BCUT2D eigenvalue weighted by Gasteiger charge is -2.12. The van der Waals surface area contributed by atoms with Gasteiger partial charge in [-0.15, -0.1) is 6.42 Å². The second-order valence-electron chi connectivity index (χ2n) is 6.74. The third kappa shape index (κ3) is 6.52. The van der Waals surface area contributed by atoms with Gasteiger partial charge in [0.05, 0.1) is 20.4 Å². The van der Waals surface area contributed by atoms with Crippen molar-refractivity contribution >= 4 is 12.1 Å². The summed E-state index contributed by atoms with van der Waals surface area (Å²) < 4.78 is 21.9. The Kier molecular flexibility index (Phi) is 8.32. The van der Waals surface area contributed by atoms with Crippen molar-refractivity contribution in [3.05, 3.63) is 83.4 Å². The molecule has 7 nitrogen and oxygen atoms in total. The lowest BCUT2D eigenvalue weighted by atomic mass is 10.2. The van der Waals surface area contributed by atoms with Crippen molar-refractivity contribution in [1.29, 1.82) is 0 Å². The molecule has 33 heavy (non-hydrogen) atoms. The number of nitrogens with zero attached hydrogens (tertiary/aromatic N) is 1. The summed E-state index contributed by atoms with van der Waals surface area (Å²) in [5, 5.41) is 4.01. The van der Waals surface area contributed by atoms with E-state index >= 15 is 0 Å². The topological polar surface area (TPSA) is 78.4 Å². The number of hydrogen-bond donors (Lipinski definition) is 1. The molecule has 0 unspecified atom stereocenters. The maximum Gasteiger partial charge on any atom is 0.271 e. The van der Waals surface area contributed by atoms with Crippen LogP contribution in [-0.2, 0) is 6.61 Å². The van der Waals surface area contributed by atoms with E-state index in [4.69, 9.17) is 25.4 Å². The van der Waals surface area contributed by atoms with Gasteiger partial charge in [-0.1, -0.05) is 36.3 Å². The minimum Gasteiger partial charge on any atom is -0.493 e. The maximum atomic E-state index is 12.5. The quantitative estimate of drug-likeness (QED) is 0.290. The van der Waals surface area contributed by atoms with E-state index in [1.165, 1.54) is 20.4 Å². The smallest absolute Gasteiger partial charge is 0.271 e. The Morgan fingerprint density at radius 1 is 0.939 bits per heavy atom. The van der Waals surface area contributed by atoms with Crippen molar-refractivity contribution in [2.75, 3.05) is 20.8 Å². The normalized spacial score (nSPS) is 10.3. The molecular formula is C26H24N2O5. The molecule has 0 heterocycles. The predicted molar refractivity (Wildman–Crippen MR) is 126 cm³/mol. The van der Waals surface area contributed by atoms with E-state index in [1.54, 1.807) is 36.4 Å². The minimum atomic E-state index is -0.389. The molecule has 0 aromatic heterocycles. The molecule has 0 saturated carbocycles. The fraction of sp³-hybridized carbons (Fsp3) is 0.154. The zero-order chi connectivity index (χ0) is 23.5. The summed E-state index contributed by atoms with van der Waals surface area (Å²) in [7, 11) is 3.05. The Morgan fingerprint density at radius 2 is 1.64 bits per heavy atom. The highest BCUT2D eigenvalue weighted by atomic mass is 16.5. The van der Waals surface area contributed by atoms with Crippen LogP contribution in [0.5, 0.6) is 23.0 Å². The highest BCUT2D eigenvalue weighted by Crippen LogP contribution is 2.29. The van der Waals surface area contributed by atoms with Gasteiger partial charge in [0.1, 0.15) is 13.2 Å². The van der Waals surface area contributed by atoms with Gasteiger partial charge in [0.15, 0.2) is 23.0 Å². The fourth-order valence-electron chi connectivity index (χ4n) is 2.90. The molecule has 0 atom stereocenters. The highest BCUT2D eigenvalue weighted by molar-refractivity contribution is 5.95. The van der Waals surface area contributed by atoms with E-state index in [9.17, 15) is 4.79 Å². The van der Waals surface area contributed by atoms with E-state index in [1.807, 2.05) is 30.3 Å². The number of nitrogens with one attached hydrogen (secondary N) is 1. The summed E-state index contributed by atoms with van der Waals surface area (Å²) in [6.45, 7) is 0.530.